The van der Waals surface area contributed by atoms with E-state index in [2.05, 4.69) is 17.1 Å². The van der Waals surface area contributed by atoms with Gasteiger partial charge in [0.25, 0.3) is 0 Å². The van der Waals surface area contributed by atoms with Crippen LogP contribution in [0.1, 0.15) is 58.3 Å². The third-order valence-electron chi connectivity index (χ3n) is 4.97. The highest BCUT2D eigenvalue weighted by Gasteiger charge is 2.53. The van der Waals surface area contributed by atoms with Gasteiger partial charge in [0.05, 0.1) is 11.7 Å². The van der Waals surface area contributed by atoms with Crippen LogP contribution in [0.15, 0.2) is 0 Å². The second-order valence-electron chi connectivity index (χ2n) is 6.32. The van der Waals surface area contributed by atoms with Crippen LogP contribution in [0, 0.1) is 0 Å². The third kappa shape index (κ3) is 2.42. The predicted octanol–water partition coefficient (Wildman–Crippen LogP) is 2.75. The highest BCUT2D eigenvalue weighted by molar-refractivity contribution is 7.99. The molecule has 3 nitrogen and oxygen atoms in total. The van der Waals surface area contributed by atoms with Gasteiger partial charge < -0.3 is 4.90 Å². The molecule has 1 saturated carbocycles. The van der Waals surface area contributed by atoms with Crippen LogP contribution in [0.5, 0.6) is 0 Å². The van der Waals surface area contributed by atoms with Crippen molar-refractivity contribution >= 4 is 17.7 Å². The Labute approximate surface area is 120 Å². The van der Waals surface area contributed by atoms with Gasteiger partial charge in [-0.15, -0.1) is 0 Å². The smallest absolute Gasteiger partial charge is 0.244 e. The van der Waals surface area contributed by atoms with Crippen molar-refractivity contribution in [2.75, 3.05) is 11.5 Å². The number of thioether (sulfide) groups is 1. The molecule has 3 aliphatic rings. The number of hydrogen-bond donors (Lipinski definition) is 1. The molecule has 0 aromatic heterocycles. The fourth-order valence-electron chi connectivity index (χ4n) is 4.02. The van der Waals surface area contributed by atoms with Gasteiger partial charge in [-0.2, -0.15) is 11.8 Å². The molecule has 0 bridgehead atoms. The summed E-state index contributed by atoms with van der Waals surface area (Å²) in [5.41, 5.74) is -0.179. The first kappa shape index (κ1) is 13.7. The standard InChI is InChI=1S/C15H26N2OS/c1-2-6-13-16-15(8-3-4-9-15)14(18)17(13)12-7-5-10-19-11-12/h12-13,16H,2-11H2,1H3. The van der Waals surface area contributed by atoms with E-state index in [1.54, 1.807) is 0 Å². The van der Waals surface area contributed by atoms with Gasteiger partial charge in [0.2, 0.25) is 5.91 Å². The topological polar surface area (TPSA) is 32.3 Å². The lowest BCUT2D eigenvalue weighted by atomic mass is 9.97. The van der Waals surface area contributed by atoms with Crippen molar-refractivity contribution in [1.82, 2.24) is 10.2 Å². The second-order valence-corrected chi connectivity index (χ2v) is 7.47. The van der Waals surface area contributed by atoms with E-state index >= 15 is 0 Å². The maximum absolute atomic E-state index is 13.0. The van der Waals surface area contributed by atoms with Gasteiger partial charge in [-0.1, -0.05) is 26.2 Å². The average molecular weight is 282 g/mol. The highest BCUT2D eigenvalue weighted by atomic mass is 32.2. The highest BCUT2D eigenvalue weighted by Crippen LogP contribution is 2.39. The Balaban J connectivity index is 1.80. The van der Waals surface area contributed by atoms with E-state index in [-0.39, 0.29) is 5.54 Å². The number of carbonyl (C=O) groups is 1. The zero-order valence-electron chi connectivity index (χ0n) is 12.0. The molecular weight excluding hydrogens is 256 g/mol. The summed E-state index contributed by atoms with van der Waals surface area (Å²) in [6.07, 6.45) is 9.58. The van der Waals surface area contributed by atoms with Gasteiger partial charge in [-0.3, -0.25) is 10.1 Å². The predicted molar refractivity (Wildman–Crippen MR) is 80.2 cm³/mol. The first-order valence-electron chi connectivity index (χ1n) is 7.95. The number of amides is 1. The lowest BCUT2D eigenvalue weighted by Crippen LogP contribution is -2.47. The summed E-state index contributed by atoms with van der Waals surface area (Å²) in [6.45, 7) is 2.22. The number of rotatable bonds is 3. The Bertz CT molecular complexity index is 335. The third-order valence-corrected chi connectivity index (χ3v) is 6.17. The lowest BCUT2D eigenvalue weighted by molar-refractivity contribution is -0.135. The summed E-state index contributed by atoms with van der Waals surface area (Å²) in [4.78, 5) is 15.2. The van der Waals surface area contributed by atoms with Crippen molar-refractivity contribution in [2.24, 2.45) is 0 Å². The van der Waals surface area contributed by atoms with E-state index in [0.29, 0.717) is 18.1 Å². The van der Waals surface area contributed by atoms with Crippen molar-refractivity contribution < 1.29 is 4.79 Å². The zero-order valence-corrected chi connectivity index (χ0v) is 12.8. The minimum atomic E-state index is -0.179. The Hall–Kier alpha value is -0.220. The van der Waals surface area contributed by atoms with Gasteiger partial charge >= 0.3 is 0 Å². The summed E-state index contributed by atoms with van der Waals surface area (Å²) < 4.78 is 0. The van der Waals surface area contributed by atoms with Gasteiger partial charge in [0.1, 0.15) is 0 Å². The summed E-state index contributed by atoms with van der Waals surface area (Å²) in [7, 11) is 0. The molecule has 4 heteroatoms. The number of carbonyl (C=O) groups excluding carboxylic acids is 1. The molecule has 19 heavy (non-hydrogen) atoms. The number of hydrogen-bond acceptors (Lipinski definition) is 3. The Morgan fingerprint density at radius 1 is 1.37 bits per heavy atom. The van der Waals surface area contributed by atoms with Crippen LogP contribution >= 0.6 is 11.8 Å². The molecule has 3 fully saturated rings. The fourth-order valence-corrected chi connectivity index (χ4v) is 5.16. The maximum atomic E-state index is 13.0. The van der Waals surface area contributed by atoms with Gasteiger partial charge in [-0.05, 0) is 37.9 Å². The van der Waals surface area contributed by atoms with Crippen LogP contribution in [-0.4, -0.2) is 40.1 Å². The maximum Gasteiger partial charge on any atom is 0.244 e. The Morgan fingerprint density at radius 2 is 2.16 bits per heavy atom. The van der Waals surface area contributed by atoms with E-state index in [1.807, 2.05) is 11.8 Å². The van der Waals surface area contributed by atoms with Crippen molar-refractivity contribution in [3.8, 4) is 0 Å². The zero-order chi connectivity index (χ0) is 13.3. The molecule has 1 N–H and O–H groups in total. The summed E-state index contributed by atoms with van der Waals surface area (Å²) >= 11 is 2.02. The molecular formula is C15H26N2OS. The van der Waals surface area contributed by atoms with Crippen molar-refractivity contribution in [2.45, 2.75) is 76.0 Å². The van der Waals surface area contributed by atoms with Crippen LogP contribution in [0.25, 0.3) is 0 Å². The van der Waals surface area contributed by atoms with Crippen LogP contribution < -0.4 is 5.32 Å². The molecule has 3 rings (SSSR count). The largest absolute Gasteiger partial charge is 0.322 e. The van der Waals surface area contributed by atoms with Gasteiger partial charge in [0.15, 0.2) is 0 Å². The molecule has 1 aliphatic carbocycles. The van der Waals surface area contributed by atoms with Crippen LogP contribution in [0.2, 0.25) is 0 Å². The SMILES string of the molecule is CCCC1NC2(CCCC2)C(=O)N1C1CCCSC1. The van der Waals surface area contributed by atoms with Crippen LogP contribution in [0.4, 0.5) is 0 Å². The molecule has 2 saturated heterocycles. The van der Waals surface area contributed by atoms with E-state index in [0.717, 1.165) is 31.4 Å². The monoisotopic (exact) mass is 282 g/mol. The summed E-state index contributed by atoms with van der Waals surface area (Å²) in [5.74, 6) is 2.84. The van der Waals surface area contributed by atoms with Crippen molar-refractivity contribution in [3.05, 3.63) is 0 Å². The number of nitrogens with one attached hydrogen (secondary N) is 1. The van der Waals surface area contributed by atoms with Gasteiger partial charge in [0, 0.05) is 11.8 Å². The Morgan fingerprint density at radius 3 is 2.79 bits per heavy atom. The normalized spacial score (nSPS) is 34.4. The van der Waals surface area contributed by atoms with E-state index in [1.165, 1.54) is 31.4 Å². The van der Waals surface area contributed by atoms with Crippen molar-refractivity contribution in [1.29, 1.82) is 0 Å². The Kier molecular flexibility index (Phi) is 4.08. The van der Waals surface area contributed by atoms with Crippen molar-refractivity contribution in [3.63, 3.8) is 0 Å². The van der Waals surface area contributed by atoms with E-state index in [9.17, 15) is 4.79 Å². The molecule has 1 spiro atoms. The van der Waals surface area contributed by atoms with Gasteiger partial charge in [-0.25, -0.2) is 0 Å². The molecule has 2 atom stereocenters. The minimum absolute atomic E-state index is 0.179. The fraction of sp³-hybridized carbons (Fsp3) is 0.933. The molecule has 2 heterocycles. The minimum Gasteiger partial charge on any atom is -0.322 e. The number of nitrogens with zero attached hydrogens (tertiary/aromatic N) is 1. The van der Waals surface area contributed by atoms with E-state index in [4.69, 9.17) is 0 Å². The van der Waals surface area contributed by atoms with E-state index < -0.39 is 0 Å². The first-order valence-corrected chi connectivity index (χ1v) is 9.10. The van der Waals surface area contributed by atoms with Crippen LogP contribution in [0.3, 0.4) is 0 Å². The summed E-state index contributed by atoms with van der Waals surface area (Å²) in [6, 6.07) is 0.482. The molecule has 2 aliphatic heterocycles. The quantitative estimate of drug-likeness (QED) is 0.864. The average Bonchev–Trinajstić information content (AvgIpc) is 2.99. The summed E-state index contributed by atoms with van der Waals surface area (Å²) in [5, 5.41) is 3.73. The molecule has 108 valence electrons. The first-order chi connectivity index (χ1) is 9.27. The molecule has 0 radical (unpaired) electrons. The molecule has 1 amide bonds. The molecule has 0 aromatic carbocycles. The molecule has 0 aromatic rings. The lowest BCUT2D eigenvalue weighted by Gasteiger charge is -2.35. The second kappa shape index (κ2) is 5.65. The van der Waals surface area contributed by atoms with Crippen LogP contribution in [-0.2, 0) is 4.79 Å². The molecule has 2 unspecified atom stereocenters.